The number of ether oxygens (including phenoxy) is 1. The maximum absolute atomic E-state index is 12.6. The minimum atomic E-state index is -0.613. The Morgan fingerprint density at radius 1 is 1.43 bits per heavy atom. The van der Waals surface area contributed by atoms with Crippen molar-refractivity contribution in [1.82, 2.24) is 4.90 Å². The van der Waals surface area contributed by atoms with Gasteiger partial charge >= 0.3 is 0 Å². The van der Waals surface area contributed by atoms with E-state index in [1.807, 2.05) is 0 Å². The number of nitrogens with zero attached hydrogens (tertiary/aromatic N) is 2. The van der Waals surface area contributed by atoms with E-state index in [1.54, 1.807) is 12.1 Å². The van der Waals surface area contributed by atoms with Crippen LogP contribution in [0.2, 0.25) is 0 Å². The second-order valence-corrected chi connectivity index (χ2v) is 4.83. The van der Waals surface area contributed by atoms with Crippen LogP contribution in [0.1, 0.15) is 16.1 Å². The van der Waals surface area contributed by atoms with Gasteiger partial charge in [0.05, 0.1) is 24.3 Å². The molecule has 0 aliphatic heterocycles. The van der Waals surface area contributed by atoms with Crippen molar-refractivity contribution in [2.75, 3.05) is 26.0 Å². The van der Waals surface area contributed by atoms with Gasteiger partial charge < -0.3 is 19.8 Å². The first-order valence-electron chi connectivity index (χ1n) is 6.87. The van der Waals surface area contributed by atoms with Crippen molar-refractivity contribution in [3.05, 3.63) is 58.0 Å². The number of amides is 1. The summed E-state index contributed by atoms with van der Waals surface area (Å²) in [5.41, 5.74) is 5.47. The van der Waals surface area contributed by atoms with Crippen LogP contribution in [0.4, 0.5) is 11.4 Å². The molecule has 0 unspecified atom stereocenters. The predicted molar refractivity (Wildman–Crippen MR) is 82.8 cm³/mol. The fourth-order valence-electron chi connectivity index (χ4n) is 2.06. The minimum absolute atomic E-state index is 0.0148. The summed E-state index contributed by atoms with van der Waals surface area (Å²) in [6, 6.07) is 7.47. The summed E-state index contributed by atoms with van der Waals surface area (Å²) < 4.78 is 10.3. The number of methoxy groups -OCH3 is 1. The van der Waals surface area contributed by atoms with E-state index in [0.29, 0.717) is 18.9 Å². The third-order valence-electron chi connectivity index (χ3n) is 3.25. The van der Waals surface area contributed by atoms with Gasteiger partial charge in [-0.15, -0.1) is 0 Å². The van der Waals surface area contributed by atoms with Crippen molar-refractivity contribution >= 4 is 17.3 Å². The van der Waals surface area contributed by atoms with Gasteiger partial charge in [0, 0.05) is 25.3 Å². The normalized spacial score (nSPS) is 10.5. The lowest BCUT2D eigenvalue weighted by molar-refractivity contribution is -0.383. The van der Waals surface area contributed by atoms with Crippen LogP contribution in [-0.2, 0) is 11.3 Å². The highest BCUT2D eigenvalue weighted by Crippen LogP contribution is 2.23. The second kappa shape index (κ2) is 7.41. The number of nitrogens with two attached hydrogens (primary N) is 1. The molecule has 122 valence electrons. The first-order valence-corrected chi connectivity index (χ1v) is 6.87. The van der Waals surface area contributed by atoms with E-state index in [1.165, 1.54) is 36.5 Å². The topological polar surface area (TPSA) is 112 Å². The quantitative estimate of drug-likeness (QED) is 0.475. The molecule has 23 heavy (non-hydrogen) atoms. The zero-order valence-corrected chi connectivity index (χ0v) is 12.6. The Morgan fingerprint density at radius 2 is 2.22 bits per heavy atom. The highest BCUT2D eigenvalue weighted by atomic mass is 16.6. The Morgan fingerprint density at radius 3 is 2.83 bits per heavy atom. The van der Waals surface area contributed by atoms with Crippen LogP contribution >= 0.6 is 0 Å². The number of benzene rings is 1. The number of furan rings is 1. The van der Waals surface area contributed by atoms with E-state index in [0.717, 1.165) is 0 Å². The molecule has 1 aromatic heterocycles. The molecule has 8 nitrogen and oxygen atoms in total. The molecule has 1 aromatic carbocycles. The van der Waals surface area contributed by atoms with Crippen molar-refractivity contribution in [3.63, 3.8) is 0 Å². The molecule has 0 bridgehead atoms. The van der Waals surface area contributed by atoms with Crippen LogP contribution in [-0.4, -0.2) is 36.0 Å². The molecule has 1 amide bonds. The third-order valence-corrected chi connectivity index (χ3v) is 3.25. The Balaban J connectivity index is 2.25. The lowest BCUT2D eigenvalue weighted by Crippen LogP contribution is -2.33. The summed E-state index contributed by atoms with van der Waals surface area (Å²) in [7, 11) is 1.53. The predicted octanol–water partition coefficient (Wildman–Crippen LogP) is 2.06. The van der Waals surface area contributed by atoms with Gasteiger partial charge in [0.2, 0.25) is 0 Å². The van der Waals surface area contributed by atoms with Gasteiger partial charge in [-0.1, -0.05) is 0 Å². The van der Waals surface area contributed by atoms with Crippen molar-refractivity contribution < 1.29 is 18.9 Å². The van der Waals surface area contributed by atoms with Crippen LogP contribution in [0.5, 0.6) is 0 Å². The van der Waals surface area contributed by atoms with Gasteiger partial charge in [-0.3, -0.25) is 14.9 Å². The molecule has 0 fully saturated rings. The van der Waals surface area contributed by atoms with E-state index in [4.69, 9.17) is 14.9 Å². The van der Waals surface area contributed by atoms with Crippen LogP contribution in [0, 0.1) is 10.1 Å². The van der Waals surface area contributed by atoms with Crippen LogP contribution in [0.25, 0.3) is 0 Å². The molecule has 0 aliphatic carbocycles. The van der Waals surface area contributed by atoms with Crippen molar-refractivity contribution in [1.29, 1.82) is 0 Å². The molecule has 1 heterocycles. The summed E-state index contributed by atoms with van der Waals surface area (Å²) in [5, 5.41) is 11.0. The zero-order valence-electron chi connectivity index (χ0n) is 12.6. The molecule has 8 heteroatoms. The molecular weight excluding hydrogens is 302 g/mol. The van der Waals surface area contributed by atoms with Crippen molar-refractivity contribution in [2.24, 2.45) is 0 Å². The number of carbonyl (C=O) groups excluding carboxylic acids is 1. The number of carbonyl (C=O) groups is 1. The van der Waals surface area contributed by atoms with E-state index >= 15 is 0 Å². The van der Waals surface area contributed by atoms with Crippen molar-refractivity contribution in [2.45, 2.75) is 6.54 Å². The molecule has 0 saturated carbocycles. The van der Waals surface area contributed by atoms with Gasteiger partial charge in [-0.25, -0.2) is 0 Å². The van der Waals surface area contributed by atoms with Gasteiger partial charge in [-0.2, -0.15) is 0 Å². The van der Waals surface area contributed by atoms with E-state index in [2.05, 4.69) is 0 Å². The average Bonchev–Trinajstić information content (AvgIpc) is 3.04. The van der Waals surface area contributed by atoms with E-state index in [-0.39, 0.29) is 29.4 Å². The monoisotopic (exact) mass is 319 g/mol. The SMILES string of the molecule is COCCN(Cc1ccco1)C(=O)c1ccc(N)c([N+](=O)[O-])c1. The van der Waals surface area contributed by atoms with Gasteiger partial charge in [0.25, 0.3) is 11.6 Å². The Hall–Kier alpha value is -2.87. The van der Waals surface area contributed by atoms with Crippen LogP contribution in [0.15, 0.2) is 41.0 Å². The molecule has 2 N–H and O–H groups in total. The number of nitrogen functional groups attached to an aromatic ring is 1. The molecule has 2 rings (SSSR count). The van der Waals surface area contributed by atoms with E-state index in [9.17, 15) is 14.9 Å². The fraction of sp³-hybridized carbons (Fsp3) is 0.267. The van der Waals surface area contributed by atoms with Crippen molar-refractivity contribution in [3.8, 4) is 0 Å². The maximum atomic E-state index is 12.6. The first-order chi connectivity index (χ1) is 11.0. The smallest absolute Gasteiger partial charge is 0.292 e. The number of hydrogen-bond donors (Lipinski definition) is 1. The standard InChI is InChI=1S/C15H17N3O5/c1-22-8-6-17(10-12-3-2-7-23-12)15(19)11-4-5-13(16)14(9-11)18(20)21/h2-5,7,9H,6,8,10,16H2,1H3. The summed E-state index contributed by atoms with van der Waals surface area (Å²) in [5.74, 6) is 0.251. The lowest BCUT2D eigenvalue weighted by Gasteiger charge is -2.21. The van der Waals surface area contributed by atoms with Gasteiger partial charge in [0.15, 0.2) is 0 Å². The summed E-state index contributed by atoms with van der Waals surface area (Å²) in [6.45, 7) is 0.908. The number of hydrogen-bond acceptors (Lipinski definition) is 6. The Labute approximate surface area is 132 Å². The molecular formula is C15H17N3O5. The first kappa shape index (κ1) is 16.5. The molecule has 0 saturated heterocycles. The van der Waals surface area contributed by atoms with Gasteiger partial charge in [0.1, 0.15) is 11.4 Å². The lowest BCUT2D eigenvalue weighted by atomic mass is 10.1. The molecule has 0 radical (unpaired) electrons. The maximum Gasteiger partial charge on any atom is 0.292 e. The zero-order chi connectivity index (χ0) is 16.8. The van der Waals surface area contributed by atoms with Gasteiger partial charge in [-0.05, 0) is 24.3 Å². The Kier molecular flexibility index (Phi) is 5.32. The number of rotatable bonds is 7. The highest BCUT2D eigenvalue weighted by molar-refractivity contribution is 5.95. The fourth-order valence-corrected chi connectivity index (χ4v) is 2.06. The van der Waals surface area contributed by atoms with Crippen LogP contribution < -0.4 is 5.73 Å². The third kappa shape index (κ3) is 4.07. The second-order valence-electron chi connectivity index (χ2n) is 4.83. The highest BCUT2D eigenvalue weighted by Gasteiger charge is 2.21. The molecule has 0 spiro atoms. The number of anilines is 1. The minimum Gasteiger partial charge on any atom is -0.467 e. The number of nitro groups is 1. The molecule has 2 aromatic rings. The summed E-state index contributed by atoms with van der Waals surface area (Å²) in [4.78, 5) is 24.5. The Bertz CT molecular complexity index is 684. The summed E-state index contributed by atoms with van der Waals surface area (Å²) in [6.07, 6.45) is 1.52. The molecule has 0 atom stereocenters. The average molecular weight is 319 g/mol. The number of nitro benzene ring substituents is 1. The summed E-state index contributed by atoms with van der Waals surface area (Å²) >= 11 is 0. The van der Waals surface area contributed by atoms with E-state index < -0.39 is 4.92 Å². The molecule has 0 aliphatic rings. The van der Waals surface area contributed by atoms with Crippen LogP contribution in [0.3, 0.4) is 0 Å². The largest absolute Gasteiger partial charge is 0.467 e.